The third-order valence-corrected chi connectivity index (χ3v) is 3.86. The van der Waals surface area contributed by atoms with Crippen LogP contribution in [0.2, 0.25) is 5.02 Å². The first-order valence-electron chi connectivity index (χ1n) is 6.37. The number of rotatable bonds is 7. The Hall–Kier alpha value is -0.0900. The van der Waals surface area contributed by atoms with Crippen molar-refractivity contribution in [3.63, 3.8) is 0 Å². The molecule has 0 amide bonds. The zero-order valence-electron chi connectivity index (χ0n) is 11.3. The molecule has 2 N–H and O–H groups in total. The molecule has 0 radical (unpaired) electrons. The second-order valence-corrected chi connectivity index (χ2v) is 6.34. The standard InChI is InChI=1S/C14H22BrClN2/c1-10(2)7-17-8-11(3)18-9-12-4-5-14(16)13(15)6-12/h4-6,10-11,17-18H,7-9H2,1-3H3. The van der Waals surface area contributed by atoms with Crippen LogP contribution in [0.15, 0.2) is 22.7 Å². The molecular formula is C14H22BrClN2. The second-order valence-electron chi connectivity index (χ2n) is 5.08. The van der Waals surface area contributed by atoms with Gasteiger partial charge in [-0.15, -0.1) is 0 Å². The van der Waals surface area contributed by atoms with Gasteiger partial charge in [0.25, 0.3) is 0 Å². The van der Waals surface area contributed by atoms with E-state index in [1.165, 1.54) is 5.56 Å². The Kier molecular flexibility index (Phi) is 7.23. The quantitative estimate of drug-likeness (QED) is 0.792. The highest BCUT2D eigenvalue weighted by molar-refractivity contribution is 9.10. The van der Waals surface area contributed by atoms with Crippen molar-refractivity contribution in [2.45, 2.75) is 33.4 Å². The summed E-state index contributed by atoms with van der Waals surface area (Å²) in [6, 6.07) is 6.49. The molecule has 0 aliphatic heterocycles. The van der Waals surface area contributed by atoms with Gasteiger partial charge < -0.3 is 10.6 Å². The maximum Gasteiger partial charge on any atom is 0.0548 e. The molecule has 0 saturated heterocycles. The Morgan fingerprint density at radius 3 is 2.56 bits per heavy atom. The van der Waals surface area contributed by atoms with Gasteiger partial charge in [0, 0.05) is 23.6 Å². The molecule has 0 fully saturated rings. The molecule has 1 atom stereocenters. The average molecular weight is 334 g/mol. The summed E-state index contributed by atoms with van der Waals surface area (Å²) in [7, 11) is 0. The van der Waals surface area contributed by atoms with Gasteiger partial charge in [0.05, 0.1) is 5.02 Å². The first-order valence-corrected chi connectivity index (χ1v) is 7.54. The molecule has 0 saturated carbocycles. The SMILES string of the molecule is CC(C)CNCC(C)NCc1ccc(Cl)c(Br)c1. The molecule has 1 aromatic rings. The summed E-state index contributed by atoms with van der Waals surface area (Å²) in [5.74, 6) is 0.699. The van der Waals surface area contributed by atoms with Crippen LogP contribution < -0.4 is 10.6 Å². The summed E-state index contributed by atoms with van der Waals surface area (Å²) < 4.78 is 0.953. The van der Waals surface area contributed by atoms with Crippen LogP contribution in [-0.2, 0) is 6.54 Å². The van der Waals surface area contributed by atoms with Gasteiger partial charge in [0.15, 0.2) is 0 Å². The minimum Gasteiger partial charge on any atom is -0.315 e. The van der Waals surface area contributed by atoms with Gasteiger partial charge >= 0.3 is 0 Å². The average Bonchev–Trinajstić information content (AvgIpc) is 2.30. The molecule has 2 nitrogen and oxygen atoms in total. The van der Waals surface area contributed by atoms with Crippen molar-refractivity contribution in [3.8, 4) is 0 Å². The fourth-order valence-corrected chi connectivity index (χ4v) is 2.15. The molecule has 0 aliphatic carbocycles. The summed E-state index contributed by atoms with van der Waals surface area (Å²) in [4.78, 5) is 0. The van der Waals surface area contributed by atoms with Crippen LogP contribution in [0.1, 0.15) is 26.3 Å². The number of hydrogen-bond acceptors (Lipinski definition) is 2. The van der Waals surface area contributed by atoms with Crippen LogP contribution in [0.5, 0.6) is 0 Å². The Balaban J connectivity index is 2.29. The summed E-state index contributed by atoms with van der Waals surface area (Å²) in [6.45, 7) is 9.55. The van der Waals surface area contributed by atoms with E-state index in [-0.39, 0.29) is 0 Å². The van der Waals surface area contributed by atoms with Gasteiger partial charge in [0.2, 0.25) is 0 Å². The highest BCUT2D eigenvalue weighted by atomic mass is 79.9. The first-order chi connectivity index (χ1) is 8.49. The lowest BCUT2D eigenvalue weighted by atomic mass is 10.2. The Morgan fingerprint density at radius 1 is 1.22 bits per heavy atom. The smallest absolute Gasteiger partial charge is 0.0548 e. The van der Waals surface area contributed by atoms with Crippen molar-refractivity contribution in [1.82, 2.24) is 10.6 Å². The van der Waals surface area contributed by atoms with Crippen LogP contribution in [0.3, 0.4) is 0 Å². The normalized spacial score (nSPS) is 13.0. The maximum absolute atomic E-state index is 5.96. The van der Waals surface area contributed by atoms with Crippen molar-refractivity contribution < 1.29 is 0 Å². The molecule has 18 heavy (non-hydrogen) atoms. The van der Waals surface area contributed by atoms with Crippen molar-refractivity contribution >= 4 is 27.5 Å². The maximum atomic E-state index is 5.96. The minimum atomic E-state index is 0.457. The van der Waals surface area contributed by atoms with Crippen LogP contribution in [0.25, 0.3) is 0 Å². The van der Waals surface area contributed by atoms with E-state index in [0.717, 1.165) is 29.1 Å². The molecule has 0 aromatic heterocycles. The third-order valence-electron chi connectivity index (χ3n) is 2.64. The van der Waals surface area contributed by atoms with Crippen LogP contribution in [0.4, 0.5) is 0 Å². The molecule has 0 aliphatic rings. The predicted octanol–water partition coefficient (Wildman–Crippen LogP) is 3.83. The van der Waals surface area contributed by atoms with E-state index in [9.17, 15) is 0 Å². The van der Waals surface area contributed by atoms with Gasteiger partial charge in [-0.1, -0.05) is 31.5 Å². The van der Waals surface area contributed by atoms with E-state index in [4.69, 9.17) is 11.6 Å². The highest BCUT2D eigenvalue weighted by Gasteiger charge is 2.03. The zero-order chi connectivity index (χ0) is 13.5. The van der Waals surface area contributed by atoms with E-state index in [0.29, 0.717) is 12.0 Å². The minimum absolute atomic E-state index is 0.457. The first kappa shape index (κ1) is 16.0. The lowest BCUT2D eigenvalue weighted by molar-refractivity contribution is 0.472. The van der Waals surface area contributed by atoms with Gasteiger partial charge in [-0.05, 0) is 53.0 Å². The number of benzene rings is 1. The van der Waals surface area contributed by atoms with E-state index >= 15 is 0 Å². The summed E-state index contributed by atoms with van der Waals surface area (Å²) in [6.07, 6.45) is 0. The van der Waals surface area contributed by atoms with Crippen molar-refractivity contribution in [2.75, 3.05) is 13.1 Å². The van der Waals surface area contributed by atoms with Crippen molar-refractivity contribution in [1.29, 1.82) is 0 Å². The van der Waals surface area contributed by atoms with Crippen molar-refractivity contribution in [2.24, 2.45) is 5.92 Å². The molecule has 1 rings (SSSR count). The number of halogens is 2. The number of hydrogen-bond donors (Lipinski definition) is 2. The largest absolute Gasteiger partial charge is 0.315 e. The van der Waals surface area contributed by atoms with Gasteiger partial charge in [-0.2, -0.15) is 0 Å². The molecule has 0 spiro atoms. The Labute approximate surface area is 124 Å². The van der Waals surface area contributed by atoms with Crippen LogP contribution in [0, 0.1) is 5.92 Å². The van der Waals surface area contributed by atoms with Crippen LogP contribution >= 0.6 is 27.5 Å². The van der Waals surface area contributed by atoms with E-state index in [2.05, 4.69) is 53.4 Å². The van der Waals surface area contributed by atoms with E-state index < -0.39 is 0 Å². The molecule has 1 aromatic carbocycles. The Morgan fingerprint density at radius 2 is 1.94 bits per heavy atom. The van der Waals surface area contributed by atoms with Gasteiger partial charge in [0.1, 0.15) is 0 Å². The summed E-state index contributed by atoms with van der Waals surface area (Å²) >= 11 is 9.40. The van der Waals surface area contributed by atoms with Crippen molar-refractivity contribution in [3.05, 3.63) is 33.3 Å². The monoisotopic (exact) mass is 332 g/mol. The van der Waals surface area contributed by atoms with Crippen LogP contribution in [-0.4, -0.2) is 19.1 Å². The van der Waals surface area contributed by atoms with Gasteiger partial charge in [-0.3, -0.25) is 0 Å². The van der Waals surface area contributed by atoms with Gasteiger partial charge in [-0.25, -0.2) is 0 Å². The third kappa shape index (κ3) is 6.19. The lowest BCUT2D eigenvalue weighted by Gasteiger charge is -2.16. The lowest BCUT2D eigenvalue weighted by Crippen LogP contribution is -2.37. The fourth-order valence-electron chi connectivity index (χ4n) is 1.60. The second kappa shape index (κ2) is 8.16. The van der Waals surface area contributed by atoms with E-state index in [1.54, 1.807) is 0 Å². The molecule has 4 heteroatoms. The fraction of sp³-hybridized carbons (Fsp3) is 0.571. The van der Waals surface area contributed by atoms with E-state index in [1.807, 2.05) is 12.1 Å². The summed E-state index contributed by atoms with van der Waals surface area (Å²) in [5, 5.41) is 7.70. The number of nitrogens with one attached hydrogen (secondary N) is 2. The molecule has 0 heterocycles. The molecule has 0 bridgehead atoms. The highest BCUT2D eigenvalue weighted by Crippen LogP contribution is 2.23. The molecule has 102 valence electrons. The molecule has 1 unspecified atom stereocenters. The zero-order valence-corrected chi connectivity index (χ0v) is 13.6. The molecular weight excluding hydrogens is 312 g/mol. The summed E-state index contributed by atoms with van der Waals surface area (Å²) in [5.41, 5.74) is 1.24. The predicted molar refractivity (Wildman–Crippen MR) is 83.2 cm³/mol. The Bertz CT molecular complexity index is 369. The topological polar surface area (TPSA) is 24.1 Å².